The van der Waals surface area contributed by atoms with Crippen LogP contribution in [-0.2, 0) is 35.3 Å². The molecule has 0 radical (unpaired) electrons. The highest BCUT2D eigenvalue weighted by Gasteiger charge is 2.61. The average molecular weight is 741 g/mol. The SMILES string of the molecule is CCOc1ncccc1C1(OC(=O)N2CCN(C3CCN(C)CC3)CC2)C(=O)N(S(=O)(=O)c2ccccc2)c2ccc(C#N)cc21.CS(=O)(=O)O. The highest BCUT2D eigenvalue weighted by Crippen LogP contribution is 2.51. The van der Waals surface area contributed by atoms with Gasteiger partial charge in [-0.25, -0.2) is 18.2 Å². The van der Waals surface area contributed by atoms with Crippen LogP contribution in [0, 0.1) is 11.3 Å². The number of ether oxygens (including phenoxy) is 2. The first-order valence-corrected chi connectivity index (χ1v) is 19.6. The summed E-state index contributed by atoms with van der Waals surface area (Å²) in [6, 6.07) is 17.3. The molecule has 2 fully saturated rings. The topological polar surface area (TPSA) is 191 Å². The second-order valence-electron chi connectivity index (χ2n) is 12.4. The molecule has 17 heteroatoms. The number of piperidine rings is 1. The Morgan fingerprint density at radius 1 is 0.980 bits per heavy atom. The van der Waals surface area contributed by atoms with Gasteiger partial charge in [-0.1, -0.05) is 18.2 Å². The van der Waals surface area contributed by atoms with E-state index in [2.05, 4.69) is 27.9 Å². The van der Waals surface area contributed by atoms with E-state index in [9.17, 15) is 31.7 Å². The van der Waals surface area contributed by atoms with Gasteiger partial charge in [0, 0.05) is 44.0 Å². The lowest BCUT2D eigenvalue weighted by Gasteiger charge is -2.42. The van der Waals surface area contributed by atoms with E-state index in [1.165, 1.54) is 42.6 Å². The van der Waals surface area contributed by atoms with Gasteiger partial charge in [-0.3, -0.25) is 14.2 Å². The van der Waals surface area contributed by atoms with Gasteiger partial charge in [-0.05, 0) is 82.4 Å². The molecule has 1 N–H and O–H groups in total. The zero-order valence-electron chi connectivity index (χ0n) is 28.5. The van der Waals surface area contributed by atoms with Crippen molar-refractivity contribution < 1.29 is 40.5 Å². The number of carbonyl (C=O) groups is 2. The predicted molar refractivity (Wildman–Crippen MR) is 186 cm³/mol. The number of sulfonamides is 1. The summed E-state index contributed by atoms with van der Waals surface area (Å²) in [5.74, 6) is -1.03. The minimum absolute atomic E-state index is 0.00510. The zero-order chi connectivity index (χ0) is 37.0. The molecule has 2 saturated heterocycles. The van der Waals surface area contributed by atoms with Gasteiger partial charge in [0.25, 0.3) is 31.6 Å². The molecule has 1 unspecified atom stereocenters. The molecule has 3 aliphatic heterocycles. The van der Waals surface area contributed by atoms with E-state index in [1.54, 1.807) is 36.1 Å². The van der Waals surface area contributed by atoms with E-state index >= 15 is 0 Å². The summed E-state index contributed by atoms with van der Waals surface area (Å²) in [4.78, 5) is 39.4. The molecule has 3 aromatic rings. The van der Waals surface area contributed by atoms with Crippen molar-refractivity contribution in [3.63, 3.8) is 0 Å². The number of piperazine rings is 1. The highest BCUT2D eigenvalue weighted by molar-refractivity contribution is 7.93. The van der Waals surface area contributed by atoms with Crippen molar-refractivity contribution in [2.75, 3.05) is 63.5 Å². The largest absolute Gasteiger partial charge is 0.478 e. The summed E-state index contributed by atoms with van der Waals surface area (Å²) < 4.78 is 66.9. The number of likely N-dealkylation sites (tertiary alicyclic amines) is 1. The Morgan fingerprint density at radius 3 is 2.24 bits per heavy atom. The smallest absolute Gasteiger partial charge is 0.411 e. The number of hydrogen-bond donors (Lipinski definition) is 1. The minimum atomic E-state index is -4.48. The lowest BCUT2D eigenvalue weighted by Crippen LogP contribution is -2.55. The molecule has 3 aliphatic rings. The molecular formula is C34H40N6O9S2. The van der Waals surface area contributed by atoms with Crippen molar-refractivity contribution in [2.24, 2.45) is 0 Å². The molecule has 0 spiro atoms. The second-order valence-corrected chi connectivity index (χ2v) is 15.6. The summed E-state index contributed by atoms with van der Waals surface area (Å²) in [6.07, 6.45) is 3.52. The lowest BCUT2D eigenvalue weighted by atomic mass is 9.87. The van der Waals surface area contributed by atoms with Crippen LogP contribution in [0.2, 0.25) is 0 Å². The second kappa shape index (κ2) is 15.3. The number of carbonyl (C=O) groups excluding carboxylic acids is 2. The summed E-state index contributed by atoms with van der Waals surface area (Å²) in [5, 5.41) is 9.82. The summed E-state index contributed by atoms with van der Waals surface area (Å²) >= 11 is 0. The number of fused-ring (bicyclic) bond motifs is 1. The fourth-order valence-electron chi connectivity index (χ4n) is 6.52. The van der Waals surface area contributed by atoms with Crippen LogP contribution in [-0.4, -0.2) is 118 Å². The van der Waals surface area contributed by atoms with Gasteiger partial charge in [0.05, 0.1) is 40.6 Å². The molecule has 2 aromatic carbocycles. The number of nitrogens with zero attached hydrogens (tertiary/aromatic N) is 6. The van der Waals surface area contributed by atoms with Crippen molar-refractivity contribution in [1.82, 2.24) is 19.7 Å². The third-order valence-electron chi connectivity index (χ3n) is 8.94. The van der Waals surface area contributed by atoms with Gasteiger partial charge in [-0.2, -0.15) is 18.0 Å². The molecule has 0 saturated carbocycles. The standard InChI is InChI=1S/C33H36N6O6S.CH4O3S/c1-3-44-30-27(10-7-15-35-30)33(45-32(41)38-20-18-37(19-21-38)25-13-16-36(2)17-14-25)28-22-24(23-34)11-12-29(28)39(31(33)40)46(42,43)26-8-5-4-6-9-26;1-5(2,3)4/h4-12,15,22,25H,3,13-14,16-21H2,1-2H3;1H3,(H,2,3,4). The van der Waals surface area contributed by atoms with Crippen molar-refractivity contribution in [3.05, 3.63) is 83.6 Å². The third kappa shape index (κ3) is 8.00. The van der Waals surface area contributed by atoms with Crippen LogP contribution in [0.5, 0.6) is 5.88 Å². The Morgan fingerprint density at radius 2 is 1.63 bits per heavy atom. The molecule has 2 amide bonds. The van der Waals surface area contributed by atoms with E-state index < -0.39 is 37.7 Å². The molecule has 1 atom stereocenters. The first kappa shape index (κ1) is 37.7. The van der Waals surface area contributed by atoms with Crippen LogP contribution in [0.25, 0.3) is 0 Å². The van der Waals surface area contributed by atoms with E-state index in [-0.39, 0.29) is 39.8 Å². The van der Waals surface area contributed by atoms with Crippen LogP contribution < -0.4 is 9.04 Å². The number of hydrogen-bond acceptors (Lipinski definition) is 12. The summed E-state index contributed by atoms with van der Waals surface area (Å²) in [7, 11) is -6.03. The van der Waals surface area contributed by atoms with Crippen molar-refractivity contribution >= 4 is 37.8 Å². The van der Waals surface area contributed by atoms with Gasteiger partial charge >= 0.3 is 6.09 Å². The average Bonchev–Trinajstić information content (AvgIpc) is 3.36. The van der Waals surface area contributed by atoms with Crippen LogP contribution in [0.1, 0.15) is 36.5 Å². The van der Waals surface area contributed by atoms with Crippen molar-refractivity contribution in [1.29, 1.82) is 5.26 Å². The molecular weight excluding hydrogens is 701 g/mol. The van der Waals surface area contributed by atoms with Crippen LogP contribution in [0.15, 0.2) is 71.8 Å². The number of benzene rings is 2. The first-order chi connectivity index (χ1) is 24.2. The van der Waals surface area contributed by atoms with Crippen LogP contribution >= 0.6 is 0 Å². The molecule has 15 nitrogen and oxygen atoms in total. The van der Waals surface area contributed by atoms with Gasteiger partial charge in [0.15, 0.2) is 0 Å². The maximum absolute atomic E-state index is 14.8. The maximum Gasteiger partial charge on any atom is 0.411 e. The highest BCUT2D eigenvalue weighted by atomic mass is 32.2. The quantitative estimate of drug-likeness (QED) is 0.348. The first-order valence-electron chi connectivity index (χ1n) is 16.3. The molecule has 4 heterocycles. The Labute approximate surface area is 297 Å². The van der Waals surface area contributed by atoms with E-state index in [1.807, 2.05) is 0 Å². The van der Waals surface area contributed by atoms with E-state index in [4.69, 9.17) is 14.0 Å². The van der Waals surface area contributed by atoms with E-state index in [0.29, 0.717) is 42.8 Å². The molecule has 0 aliphatic carbocycles. The molecule has 1 aromatic heterocycles. The normalized spacial score (nSPS) is 20.2. The third-order valence-corrected chi connectivity index (χ3v) is 10.7. The van der Waals surface area contributed by atoms with Crippen LogP contribution in [0.3, 0.4) is 0 Å². The van der Waals surface area contributed by atoms with Crippen LogP contribution in [0.4, 0.5) is 10.5 Å². The fourth-order valence-corrected chi connectivity index (χ4v) is 8.00. The number of amides is 2. The summed E-state index contributed by atoms with van der Waals surface area (Å²) in [6.45, 7) is 6.00. The van der Waals surface area contributed by atoms with E-state index in [0.717, 1.165) is 25.9 Å². The molecule has 51 heavy (non-hydrogen) atoms. The van der Waals surface area contributed by atoms with Crippen molar-refractivity contribution in [3.8, 4) is 11.9 Å². The number of anilines is 1. The maximum atomic E-state index is 14.8. The van der Waals surface area contributed by atoms with Gasteiger partial charge in [0.1, 0.15) is 0 Å². The zero-order valence-corrected chi connectivity index (χ0v) is 30.1. The number of rotatable bonds is 7. The number of aromatic nitrogens is 1. The molecule has 272 valence electrons. The molecule has 0 bridgehead atoms. The Kier molecular flexibility index (Phi) is 11.3. The molecule has 6 rings (SSSR count). The predicted octanol–water partition coefficient (Wildman–Crippen LogP) is 2.68. The number of pyridine rings is 1. The Hall–Kier alpha value is -4.60. The van der Waals surface area contributed by atoms with Gasteiger partial charge in [0.2, 0.25) is 5.88 Å². The monoisotopic (exact) mass is 740 g/mol. The van der Waals surface area contributed by atoms with Gasteiger partial charge in [-0.15, -0.1) is 0 Å². The van der Waals surface area contributed by atoms with Gasteiger partial charge < -0.3 is 19.3 Å². The minimum Gasteiger partial charge on any atom is -0.478 e. The van der Waals surface area contributed by atoms with Crippen molar-refractivity contribution in [2.45, 2.75) is 36.3 Å². The fraction of sp³-hybridized carbons (Fsp3) is 0.412. The Balaban J connectivity index is 0.000000943. The number of nitriles is 1. The lowest BCUT2D eigenvalue weighted by molar-refractivity contribution is -0.132. The summed E-state index contributed by atoms with van der Waals surface area (Å²) in [5.41, 5.74) is -2.10. The Bertz CT molecular complexity index is 2000.